The van der Waals surface area contributed by atoms with Crippen LogP contribution in [0.4, 0.5) is 0 Å². The van der Waals surface area contributed by atoms with E-state index in [9.17, 15) is 8.42 Å². The van der Waals surface area contributed by atoms with E-state index in [2.05, 4.69) is 0 Å². The van der Waals surface area contributed by atoms with Crippen LogP contribution in [0, 0.1) is 11.8 Å². The van der Waals surface area contributed by atoms with Gasteiger partial charge in [-0.1, -0.05) is 0 Å². The molecular formula is C13H20N2O3S. The van der Waals surface area contributed by atoms with E-state index in [0.29, 0.717) is 30.7 Å². The van der Waals surface area contributed by atoms with Crippen LogP contribution in [0.25, 0.3) is 0 Å². The minimum atomic E-state index is -3.49. The lowest BCUT2D eigenvalue weighted by atomic mass is 10.4. The summed E-state index contributed by atoms with van der Waals surface area (Å²) in [5.41, 5.74) is 5.46. The second-order valence-corrected chi connectivity index (χ2v) is 7.50. The van der Waals surface area contributed by atoms with Gasteiger partial charge in [0, 0.05) is 13.1 Å². The van der Waals surface area contributed by atoms with Crippen LogP contribution in [0.15, 0.2) is 21.6 Å². The van der Waals surface area contributed by atoms with Crippen LogP contribution in [0.1, 0.15) is 31.4 Å². The number of hydrogen-bond donors (Lipinski definition) is 1. The first-order valence-electron chi connectivity index (χ1n) is 6.88. The Kier molecular flexibility index (Phi) is 3.41. The summed E-state index contributed by atoms with van der Waals surface area (Å²) in [6, 6.07) is 3.16. The maximum Gasteiger partial charge on any atom is 0.276 e. The third-order valence-corrected chi connectivity index (χ3v) is 5.46. The molecule has 2 aliphatic carbocycles. The first-order chi connectivity index (χ1) is 9.09. The van der Waals surface area contributed by atoms with Crippen LogP contribution in [-0.4, -0.2) is 25.8 Å². The molecule has 6 heteroatoms. The molecule has 106 valence electrons. The molecule has 0 amide bonds. The normalized spacial score (nSPS) is 20.1. The van der Waals surface area contributed by atoms with Crippen molar-refractivity contribution in [3.8, 4) is 0 Å². The molecule has 0 atom stereocenters. The Bertz CT molecular complexity index is 530. The topological polar surface area (TPSA) is 76.5 Å². The molecule has 1 aromatic rings. The number of nitrogens with zero attached hydrogens (tertiary/aromatic N) is 1. The van der Waals surface area contributed by atoms with E-state index in [-0.39, 0.29) is 11.6 Å². The van der Waals surface area contributed by atoms with Gasteiger partial charge in [-0.15, -0.1) is 0 Å². The van der Waals surface area contributed by atoms with Crippen molar-refractivity contribution in [2.75, 3.05) is 13.1 Å². The quantitative estimate of drug-likeness (QED) is 0.824. The Labute approximate surface area is 113 Å². The largest absolute Gasteiger partial charge is 0.447 e. The summed E-state index contributed by atoms with van der Waals surface area (Å²) < 4.78 is 32.1. The molecule has 2 N–H and O–H groups in total. The highest BCUT2D eigenvalue weighted by atomic mass is 32.2. The van der Waals surface area contributed by atoms with Gasteiger partial charge >= 0.3 is 0 Å². The van der Waals surface area contributed by atoms with Gasteiger partial charge < -0.3 is 10.2 Å². The first-order valence-corrected chi connectivity index (χ1v) is 8.32. The van der Waals surface area contributed by atoms with E-state index in [4.69, 9.17) is 10.2 Å². The molecule has 0 saturated heterocycles. The van der Waals surface area contributed by atoms with Gasteiger partial charge in [0.2, 0.25) is 5.09 Å². The van der Waals surface area contributed by atoms with Crippen molar-refractivity contribution in [1.82, 2.24) is 4.31 Å². The molecular weight excluding hydrogens is 264 g/mol. The number of rotatable bonds is 7. The van der Waals surface area contributed by atoms with Gasteiger partial charge in [0.15, 0.2) is 0 Å². The van der Waals surface area contributed by atoms with Crippen LogP contribution in [-0.2, 0) is 16.6 Å². The number of nitrogens with two attached hydrogens (primary N) is 1. The van der Waals surface area contributed by atoms with E-state index >= 15 is 0 Å². The van der Waals surface area contributed by atoms with Crippen molar-refractivity contribution in [3.05, 3.63) is 17.9 Å². The summed E-state index contributed by atoms with van der Waals surface area (Å²) in [7, 11) is -3.49. The first kappa shape index (κ1) is 13.1. The molecule has 19 heavy (non-hydrogen) atoms. The summed E-state index contributed by atoms with van der Waals surface area (Å²) in [5, 5.41) is 0.0363. The zero-order valence-corrected chi connectivity index (χ0v) is 11.7. The zero-order valence-electron chi connectivity index (χ0n) is 10.9. The Morgan fingerprint density at radius 2 is 1.74 bits per heavy atom. The zero-order chi connectivity index (χ0) is 13.5. The summed E-state index contributed by atoms with van der Waals surface area (Å²) in [4.78, 5) is 0. The lowest BCUT2D eigenvalue weighted by molar-refractivity contribution is 0.352. The number of hydrogen-bond acceptors (Lipinski definition) is 4. The molecule has 0 radical (unpaired) electrons. The Balaban J connectivity index is 1.80. The highest BCUT2D eigenvalue weighted by Gasteiger charge is 2.36. The third-order valence-electron chi connectivity index (χ3n) is 3.75. The standard InChI is InChI=1S/C13H20N2O3S/c14-7-12-5-6-13(18-12)19(16,17)15(8-10-1-2-10)9-11-3-4-11/h5-6,10-11H,1-4,7-9,14H2. The van der Waals surface area contributed by atoms with E-state index in [1.165, 1.54) is 6.07 Å². The van der Waals surface area contributed by atoms with Gasteiger partial charge in [0.1, 0.15) is 5.76 Å². The predicted molar refractivity (Wildman–Crippen MR) is 70.8 cm³/mol. The van der Waals surface area contributed by atoms with E-state index in [1.807, 2.05) is 0 Å². The SMILES string of the molecule is NCc1ccc(S(=O)(=O)N(CC2CC2)CC2CC2)o1. The second kappa shape index (κ2) is 4.92. The molecule has 0 aromatic carbocycles. The number of sulfonamides is 1. The molecule has 2 aliphatic rings. The fourth-order valence-corrected chi connectivity index (χ4v) is 3.70. The average Bonchev–Trinajstić information content (AvgIpc) is 3.30. The van der Waals surface area contributed by atoms with E-state index < -0.39 is 10.0 Å². The fourth-order valence-electron chi connectivity index (χ4n) is 2.18. The third kappa shape index (κ3) is 3.01. The molecule has 3 rings (SSSR count). The van der Waals surface area contributed by atoms with Gasteiger partial charge in [0.05, 0.1) is 6.54 Å². The molecule has 0 spiro atoms. The van der Waals surface area contributed by atoms with Crippen molar-refractivity contribution in [3.63, 3.8) is 0 Å². The van der Waals surface area contributed by atoms with Gasteiger partial charge in [-0.05, 0) is 49.7 Å². The summed E-state index contributed by atoms with van der Waals surface area (Å²) in [5.74, 6) is 1.59. The highest BCUT2D eigenvalue weighted by molar-refractivity contribution is 7.89. The number of furan rings is 1. The van der Waals surface area contributed by atoms with Crippen LogP contribution >= 0.6 is 0 Å². The molecule has 0 unspecified atom stereocenters. The molecule has 2 fully saturated rings. The predicted octanol–water partition coefficient (Wildman–Crippen LogP) is 1.55. The van der Waals surface area contributed by atoms with Crippen molar-refractivity contribution >= 4 is 10.0 Å². The van der Waals surface area contributed by atoms with Crippen LogP contribution < -0.4 is 5.73 Å². The summed E-state index contributed by atoms with van der Waals surface area (Å²) in [6.45, 7) is 1.50. The van der Waals surface area contributed by atoms with Gasteiger partial charge in [-0.25, -0.2) is 8.42 Å². The van der Waals surface area contributed by atoms with Crippen LogP contribution in [0.3, 0.4) is 0 Å². The molecule has 0 bridgehead atoms. The summed E-state index contributed by atoms with van der Waals surface area (Å²) in [6.07, 6.45) is 4.57. The molecule has 1 heterocycles. The lowest BCUT2D eigenvalue weighted by Crippen LogP contribution is -2.34. The second-order valence-electron chi connectivity index (χ2n) is 5.63. The molecule has 2 saturated carbocycles. The Hall–Kier alpha value is -0.850. The summed E-state index contributed by atoms with van der Waals surface area (Å²) >= 11 is 0. The van der Waals surface area contributed by atoms with Crippen molar-refractivity contribution in [1.29, 1.82) is 0 Å². The monoisotopic (exact) mass is 284 g/mol. The van der Waals surface area contributed by atoms with Gasteiger partial charge in [-0.2, -0.15) is 4.31 Å². The molecule has 5 nitrogen and oxygen atoms in total. The van der Waals surface area contributed by atoms with Crippen molar-refractivity contribution in [2.45, 2.75) is 37.3 Å². The minimum Gasteiger partial charge on any atom is -0.447 e. The van der Waals surface area contributed by atoms with Gasteiger partial charge in [0.25, 0.3) is 10.0 Å². The van der Waals surface area contributed by atoms with Crippen molar-refractivity contribution < 1.29 is 12.8 Å². The molecule has 0 aliphatic heterocycles. The van der Waals surface area contributed by atoms with Crippen LogP contribution in [0.2, 0.25) is 0 Å². The van der Waals surface area contributed by atoms with Crippen molar-refractivity contribution in [2.24, 2.45) is 17.6 Å². The average molecular weight is 284 g/mol. The van der Waals surface area contributed by atoms with Crippen LogP contribution in [0.5, 0.6) is 0 Å². The molecule has 1 aromatic heterocycles. The smallest absolute Gasteiger partial charge is 0.276 e. The van der Waals surface area contributed by atoms with E-state index in [1.54, 1.807) is 10.4 Å². The Morgan fingerprint density at radius 1 is 1.16 bits per heavy atom. The minimum absolute atomic E-state index is 0.0363. The maximum atomic E-state index is 12.6. The fraction of sp³-hybridized carbons (Fsp3) is 0.692. The van der Waals surface area contributed by atoms with E-state index in [0.717, 1.165) is 25.7 Å². The Morgan fingerprint density at radius 3 is 2.16 bits per heavy atom. The lowest BCUT2D eigenvalue weighted by Gasteiger charge is -2.20. The van der Waals surface area contributed by atoms with Gasteiger partial charge in [-0.3, -0.25) is 0 Å². The maximum absolute atomic E-state index is 12.6. The highest BCUT2D eigenvalue weighted by Crippen LogP contribution is 2.36.